The topological polar surface area (TPSA) is 237 Å². The Balaban J connectivity index is 5.41. The lowest BCUT2D eigenvalue weighted by molar-refractivity contribution is -0.161. The molecule has 5 atom stereocenters. The molecule has 0 amide bonds. The number of hydrogen-bond donors (Lipinski definition) is 3. The third kappa shape index (κ3) is 71.8. The molecule has 574 valence electrons. The summed E-state index contributed by atoms with van der Waals surface area (Å²) >= 11 is 0. The average molecular weight is 1450 g/mol. The Morgan fingerprint density at radius 1 is 0.300 bits per heavy atom. The smallest absolute Gasteiger partial charge is 0.462 e. The van der Waals surface area contributed by atoms with Crippen LogP contribution >= 0.6 is 15.6 Å². The van der Waals surface area contributed by atoms with Crippen LogP contribution in [0.3, 0.4) is 0 Å². The number of carbonyl (C=O) groups excluding carboxylic acids is 4. The summed E-state index contributed by atoms with van der Waals surface area (Å²) in [4.78, 5) is 72.8. The molecule has 0 spiro atoms. The van der Waals surface area contributed by atoms with E-state index in [2.05, 4.69) is 125 Å². The predicted molar refractivity (Wildman–Crippen MR) is 408 cm³/mol. The fourth-order valence-corrected chi connectivity index (χ4v) is 11.7. The molecule has 5 unspecified atom stereocenters. The molecule has 0 radical (unpaired) electrons. The number of carbonyl (C=O) groups is 4. The fourth-order valence-electron chi connectivity index (χ4n) is 10.1. The Kier molecular flexibility index (Phi) is 69.5. The van der Waals surface area contributed by atoms with Crippen molar-refractivity contribution in [1.29, 1.82) is 0 Å². The zero-order valence-electron chi connectivity index (χ0n) is 62.6. The van der Waals surface area contributed by atoms with Crippen molar-refractivity contribution in [2.24, 2.45) is 0 Å². The van der Waals surface area contributed by atoms with Gasteiger partial charge in [0.1, 0.15) is 19.3 Å². The van der Waals surface area contributed by atoms with Crippen molar-refractivity contribution in [3.8, 4) is 0 Å². The molecule has 3 N–H and O–H groups in total. The van der Waals surface area contributed by atoms with Gasteiger partial charge in [0, 0.05) is 19.3 Å². The summed E-state index contributed by atoms with van der Waals surface area (Å²) in [5, 5.41) is 10.6. The van der Waals surface area contributed by atoms with Gasteiger partial charge in [-0.3, -0.25) is 37.3 Å². The van der Waals surface area contributed by atoms with Crippen LogP contribution in [0, 0.1) is 0 Å². The lowest BCUT2D eigenvalue weighted by atomic mass is 10.0. The summed E-state index contributed by atoms with van der Waals surface area (Å²) in [6, 6.07) is 0. The van der Waals surface area contributed by atoms with E-state index in [-0.39, 0.29) is 25.7 Å². The molecular weight excluding hydrogens is 1310 g/mol. The minimum absolute atomic E-state index is 0.0704. The third-order valence-electron chi connectivity index (χ3n) is 16.0. The van der Waals surface area contributed by atoms with E-state index in [1.807, 2.05) is 18.2 Å². The average Bonchev–Trinajstić information content (AvgIpc) is 0.935. The first kappa shape index (κ1) is 95.5. The highest BCUT2D eigenvalue weighted by atomic mass is 31.2. The second-order valence-electron chi connectivity index (χ2n) is 25.6. The molecule has 0 aliphatic heterocycles. The van der Waals surface area contributed by atoms with Crippen molar-refractivity contribution in [1.82, 2.24) is 0 Å². The standard InChI is InChI=1S/C81H138O17P2/c1-5-9-13-17-21-25-29-33-35-36-37-38-40-44-46-50-54-58-62-66-79(84)92-72-77(98-81(86)68-64-60-56-52-48-42-32-28-24-20-16-12-8-4)74-96-100(89,90)94-70-75(82)69-93-99(87,88)95-73-76(97-80(85)67-63-59-55-51-47-41-31-27-23-19-15-11-7-3)71-91-78(83)65-61-57-53-49-45-43-39-34-30-26-22-18-14-10-6-2/h9-10,13-14,21-22,25-26,33-35,37-39,44-46,49,57,61,75-77,82H,5-8,11-12,15-20,23-24,27-32,36,40-43,47-48,50-56,58-60,62-74H2,1-4H3,(H,87,88)(H,89,90)/b13-9-,14-10-,25-21-,26-22-,35-33-,38-37-,39-34-,46-44-,49-45-,61-57-. The summed E-state index contributed by atoms with van der Waals surface area (Å²) in [7, 11) is -9.98. The number of hydrogen-bond acceptors (Lipinski definition) is 15. The molecule has 0 aromatic rings. The summed E-state index contributed by atoms with van der Waals surface area (Å²) in [6.45, 7) is 4.51. The minimum atomic E-state index is -4.99. The SMILES string of the molecule is CC/C=C\C/C=C\C/C=C\C/C=C\C/C=C\CCCCCC(=O)OCC(COP(=O)(O)OCC(O)COP(=O)(O)OCC(COC(=O)C/C=C\C/C=C\C/C=C\C/C=C\C/C=C\CC)OC(=O)CCCCCCCCCCCCCCC)OC(=O)CCCCCCCCCCCCCCC. The Labute approximate surface area is 606 Å². The van der Waals surface area contributed by atoms with Crippen molar-refractivity contribution in [3.05, 3.63) is 122 Å². The molecule has 0 saturated carbocycles. The van der Waals surface area contributed by atoms with E-state index in [0.717, 1.165) is 128 Å². The summed E-state index contributed by atoms with van der Waals surface area (Å²) < 4.78 is 68.4. The molecule has 17 nitrogen and oxygen atoms in total. The Bertz CT molecular complexity index is 2370. The van der Waals surface area contributed by atoms with Crippen LogP contribution in [-0.2, 0) is 65.4 Å². The van der Waals surface area contributed by atoms with Crippen molar-refractivity contribution in [2.45, 2.75) is 329 Å². The van der Waals surface area contributed by atoms with Crippen LogP contribution < -0.4 is 0 Å². The van der Waals surface area contributed by atoms with E-state index < -0.39 is 97.5 Å². The first-order valence-corrected chi connectivity index (χ1v) is 41.8. The van der Waals surface area contributed by atoms with Crippen molar-refractivity contribution < 1.29 is 80.2 Å². The number of phosphoric ester groups is 2. The predicted octanol–water partition coefficient (Wildman–Crippen LogP) is 22.3. The zero-order chi connectivity index (χ0) is 73.2. The normalized spacial score (nSPS) is 14.6. The van der Waals surface area contributed by atoms with Crippen molar-refractivity contribution >= 4 is 39.5 Å². The minimum Gasteiger partial charge on any atom is -0.462 e. The molecule has 0 fully saturated rings. The monoisotopic (exact) mass is 1440 g/mol. The largest absolute Gasteiger partial charge is 0.472 e. The van der Waals surface area contributed by atoms with Gasteiger partial charge in [-0.1, -0.05) is 310 Å². The second kappa shape index (κ2) is 72.8. The van der Waals surface area contributed by atoms with Gasteiger partial charge in [-0.25, -0.2) is 9.13 Å². The van der Waals surface area contributed by atoms with Gasteiger partial charge in [0.2, 0.25) is 0 Å². The van der Waals surface area contributed by atoms with Crippen LogP contribution in [0.4, 0.5) is 0 Å². The molecule has 0 aliphatic rings. The number of aliphatic hydroxyl groups excluding tert-OH is 1. The molecule has 0 bridgehead atoms. The lowest BCUT2D eigenvalue weighted by Crippen LogP contribution is -2.30. The van der Waals surface area contributed by atoms with E-state index in [1.165, 1.54) is 103 Å². The van der Waals surface area contributed by atoms with E-state index >= 15 is 0 Å². The summed E-state index contributed by atoms with van der Waals surface area (Å²) in [5.74, 6) is -2.35. The highest BCUT2D eigenvalue weighted by Crippen LogP contribution is 2.45. The maximum absolute atomic E-state index is 13.1. The van der Waals surface area contributed by atoms with E-state index in [9.17, 15) is 43.2 Å². The van der Waals surface area contributed by atoms with Crippen LogP contribution in [0.5, 0.6) is 0 Å². The highest BCUT2D eigenvalue weighted by molar-refractivity contribution is 7.47. The maximum Gasteiger partial charge on any atom is 0.472 e. The van der Waals surface area contributed by atoms with Crippen LogP contribution in [0.15, 0.2) is 122 Å². The number of rotatable bonds is 72. The van der Waals surface area contributed by atoms with Gasteiger partial charge < -0.3 is 33.8 Å². The van der Waals surface area contributed by atoms with Gasteiger partial charge in [-0.15, -0.1) is 0 Å². The van der Waals surface area contributed by atoms with Crippen LogP contribution in [0.2, 0.25) is 0 Å². The van der Waals surface area contributed by atoms with E-state index in [0.29, 0.717) is 25.7 Å². The molecular formula is C81H138O17P2. The summed E-state index contributed by atoms with van der Waals surface area (Å²) in [5.41, 5.74) is 0. The second-order valence-corrected chi connectivity index (χ2v) is 28.5. The van der Waals surface area contributed by atoms with Gasteiger partial charge >= 0.3 is 39.5 Å². The number of unbranched alkanes of at least 4 members (excludes halogenated alkanes) is 27. The quantitative estimate of drug-likeness (QED) is 0.0169. The maximum atomic E-state index is 13.1. The first-order valence-electron chi connectivity index (χ1n) is 38.8. The Morgan fingerprint density at radius 3 is 0.890 bits per heavy atom. The molecule has 0 aliphatic carbocycles. The summed E-state index contributed by atoms with van der Waals surface area (Å²) in [6.07, 6.45) is 79.3. The molecule has 0 aromatic heterocycles. The Hall–Kier alpha value is -4.54. The zero-order valence-corrected chi connectivity index (χ0v) is 64.4. The van der Waals surface area contributed by atoms with Crippen LogP contribution in [0.1, 0.15) is 310 Å². The van der Waals surface area contributed by atoms with Gasteiger partial charge in [-0.05, 0) is 96.3 Å². The molecule has 0 aromatic carbocycles. The number of ether oxygens (including phenoxy) is 4. The highest BCUT2D eigenvalue weighted by Gasteiger charge is 2.30. The van der Waals surface area contributed by atoms with Crippen LogP contribution in [-0.4, -0.2) is 96.7 Å². The van der Waals surface area contributed by atoms with Crippen molar-refractivity contribution in [2.75, 3.05) is 39.6 Å². The fraction of sp³-hybridized carbons (Fsp3) is 0.704. The molecule has 100 heavy (non-hydrogen) atoms. The molecule has 0 heterocycles. The van der Waals surface area contributed by atoms with Gasteiger partial charge in [0.25, 0.3) is 0 Å². The first-order chi connectivity index (χ1) is 48.7. The number of esters is 4. The van der Waals surface area contributed by atoms with E-state index in [4.69, 9.17) is 37.0 Å². The molecule has 19 heteroatoms. The van der Waals surface area contributed by atoms with Gasteiger partial charge in [-0.2, -0.15) is 0 Å². The van der Waals surface area contributed by atoms with E-state index in [1.54, 1.807) is 6.08 Å². The Morgan fingerprint density at radius 2 is 0.560 bits per heavy atom. The number of phosphoric acid groups is 2. The van der Waals surface area contributed by atoms with Gasteiger partial charge in [0.05, 0.1) is 32.8 Å². The lowest BCUT2D eigenvalue weighted by Gasteiger charge is -2.21. The van der Waals surface area contributed by atoms with Crippen molar-refractivity contribution in [3.63, 3.8) is 0 Å². The number of aliphatic hydroxyl groups is 1. The molecule has 0 rings (SSSR count). The molecule has 0 saturated heterocycles. The third-order valence-corrected chi connectivity index (χ3v) is 17.9. The van der Waals surface area contributed by atoms with Crippen LogP contribution in [0.25, 0.3) is 0 Å². The number of allylic oxidation sites excluding steroid dienone is 19. The van der Waals surface area contributed by atoms with Gasteiger partial charge in [0.15, 0.2) is 12.2 Å².